The molecule has 6 heteroatoms. The van der Waals surface area contributed by atoms with Gasteiger partial charge in [0.1, 0.15) is 6.10 Å². The van der Waals surface area contributed by atoms with Gasteiger partial charge in [0, 0.05) is 0 Å². The fraction of sp³-hybridized carbons (Fsp3) is 0.263. The molecule has 2 aromatic carbocycles. The maximum absolute atomic E-state index is 10.3. The van der Waals surface area contributed by atoms with Gasteiger partial charge in [0.05, 0.1) is 14.2 Å². The molecule has 0 aliphatic heterocycles. The molecule has 0 amide bonds. The second kappa shape index (κ2) is 8.41. The summed E-state index contributed by atoms with van der Waals surface area (Å²) in [5, 5.41) is 30.1. The Morgan fingerprint density at radius 2 is 1.64 bits per heavy atom. The standard InChI is InChI=1S/C19H22O6/c1-4-5-12-6-9-15(17(10-12)24-3)25-19(22)18(21)13-7-8-14(20)16(11-13)23-2/h4-11,18-22H,1-3H3. The van der Waals surface area contributed by atoms with Crippen LogP contribution < -0.4 is 14.2 Å². The van der Waals surface area contributed by atoms with Crippen molar-refractivity contribution in [2.75, 3.05) is 14.2 Å². The van der Waals surface area contributed by atoms with Crippen LogP contribution in [0.15, 0.2) is 42.5 Å². The van der Waals surface area contributed by atoms with Gasteiger partial charge < -0.3 is 29.5 Å². The van der Waals surface area contributed by atoms with Gasteiger partial charge in [0.15, 0.2) is 23.0 Å². The maximum atomic E-state index is 10.3. The van der Waals surface area contributed by atoms with Gasteiger partial charge in [-0.1, -0.05) is 24.3 Å². The number of ether oxygens (including phenoxy) is 3. The van der Waals surface area contributed by atoms with Crippen molar-refractivity contribution in [2.45, 2.75) is 19.3 Å². The number of methoxy groups -OCH3 is 2. The third kappa shape index (κ3) is 4.43. The Hall–Kier alpha value is -2.70. The van der Waals surface area contributed by atoms with Crippen LogP contribution in [0.25, 0.3) is 6.08 Å². The van der Waals surface area contributed by atoms with Crippen molar-refractivity contribution in [3.05, 3.63) is 53.6 Å². The van der Waals surface area contributed by atoms with E-state index in [4.69, 9.17) is 14.2 Å². The Bertz CT molecular complexity index is 741. The molecule has 0 fully saturated rings. The Balaban J connectivity index is 2.19. The molecule has 0 aliphatic rings. The van der Waals surface area contributed by atoms with Gasteiger partial charge in [-0.05, 0) is 42.3 Å². The lowest BCUT2D eigenvalue weighted by molar-refractivity contribution is -0.106. The minimum atomic E-state index is -1.53. The third-order valence-corrected chi connectivity index (χ3v) is 3.61. The number of aliphatic hydroxyl groups excluding tert-OH is 2. The number of benzene rings is 2. The molecule has 0 aliphatic carbocycles. The first kappa shape index (κ1) is 18.6. The highest BCUT2D eigenvalue weighted by Gasteiger charge is 2.23. The van der Waals surface area contributed by atoms with E-state index >= 15 is 0 Å². The van der Waals surface area contributed by atoms with E-state index in [0.29, 0.717) is 17.1 Å². The predicted octanol–water partition coefficient (Wildman–Crippen LogP) is 2.87. The van der Waals surface area contributed by atoms with Crippen molar-refractivity contribution in [3.8, 4) is 23.0 Å². The molecule has 2 rings (SSSR count). The van der Waals surface area contributed by atoms with Gasteiger partial charge >= 0.3 is 0 Å². The summed E-state index contributed by atoms with van der Waals surface area (Å²) in [5.74, 6) is 0.866. The van der Waals surface area contributed by atoms with E-state index < -0.39 is 12.4 Å². The fourth-order valence-electron chi connectivity index (χ4n) is 2.32. The highest BCUT2D eigenvalue weighted by atomic mass is 16.6. The first-order valence-corrected chi connectivity index (χ1v) is 7.70. The molecule has 0 bridgehead atoms. The van der Waals surface area contributed by atoms with Crippen LogP contribution in [0, 0.1) is 0 Å². The van der Waals surface area contributed by atoms with Crippen LogP contribution in [-0.4, -0.2) is 35.8 Å². The number of phenols is 1. The lowest BCUT2D eigenvalue weighted by Gasteiger charge is -2.21. The monoisotopic (exact) mass is 346 g/mol. The second-order valence-corrected chi connectivity index (χ2v) is 5.29. The molecule has 2 atom stereocenters. The highest BCUT2D eigenvalue weighted by Crippen LogP contribution is 2.33. The summed E-state index contributed by atoms with van der Waals surface area (Å²) in [6.07, 6.45) is 0.928. The Kier molecular flexibility index (Phi) is 6.27. The summed E-state index contributed by atoms with van der Waals surface area (Å²) >= 11 is 0. The van der Waals surface area contributed by atoms with E-state index in [9.17, 15) is 15.3 Å². The molecule has 0 heterocycles. The van der Waals surface area contributed by atoms with Gasteiger partial charge in [-0.3, -0.25) is 0 Å². The van der Waals surface area contributed by atoms with E-state index in [1.54, 1.807) is 18.2 Å². The zero-order valence-corrected chi connectivity index (χ0v) is 14.3. The van der Waals surface area contributed by atoms with E-state index in [-0.39, 0.29) is 11.5 Å². The highest BCUT2D eigenvalue weighted by molar-refractivity contribution is 5.55. The van der Waals surface area contributed by atoms with Crippen molar-refractivity contribution in [1.29, 1.82) is 0 Å². The second-order valence-electron chi connectivity index (χ2n) is 5.29. The van der Waals surface area contributed by atoms with Crippen molar-refractivity contribution in [1.82, 2.24) is 0 Å². The Morgan fingerprint density at radius 3 is 2.28 bits per heavy atom. The Morgan fingerprint density at radius 1 is 0.920 bits per heavy atom. The minimum absolute atomic E-state index is 0.0601. The largest absolute Gasteiger partial charge is 0.504 e. The average Bonchev–Trinajstić information content (AvgIpc) is 2.62. The van der Waals surface area contributed by atoms with Crippen LogP contribution in [0.2, 0.25) is 0 Å². The van der Waals surface area contributed by atoms with Crippen molar-refractivity contribution in [2.24, 2.45) is 0 Å². The van der Waals surface area contributed by atoms with E-state index in [1.165, 1.54) is 32.4 Å². The van der Waals surface area contributed by atoms with Gasteiger partial charge in [-0.2, -0.15) is 0 Å². The number of allylic oxidation sites excluding steroid dienone is 1. The zero-order valence-electron chi connectivity index (χ0n) is 14.3. The average molecular weight is 346 g/mol. The molecule has 2 aromatic rings. The molecule has 134 valence electrons. The van der Waals surface area contributed by atoms with Crippen molar-refractivity contribution in [3.63, 3.8) is 0 Å². The summed E-state index contributed by atoms with van der Waals surface area (Å²) in [6.45, 7) is 1.91. The quantitative estimate of drug-likeness (QED) is 0.668. The normalized spacial score (nSPS) is 13.5. The van der Waals surface area contributed by atoms with Crippen molar-refractivity contribution >= 4 is 6.08 Å². The van der Waals surface area contributed by atoms with Crippen molar-refractivity contribution < 1.29 is 29.5 Å². The topological polar surface area (TPSA) is 88.4 Å². The van der Waals surface area contributed by atoms with Crippen LogP contribution in [0.5, 0.6) is 23.0 Å². The number of hydrogen-bond donors (Lipinski definition) is 3. The summed E-state index contributed by atoms with van der Waals surface area (Å²) in [4.78, 5) is 0. The van der Waals surface area contributed by atoms with Crippen LogP contribution >= 0.6 is 0 Å². The Labute approximate surface area is 146 Å². The van der Waals surface area contributed by atoms with Crippen LogP contribution in [0.3, 0.4) is 0 Å². The first-order chi connectivity index (χ1) is 12.0. The number of phenolic OH excluding ortho intramolecular Hbond substituents is 1. The molecule has 3 N–H and O–H groups in total. The summed E-state index contributed by atoms with van der Waals surface area (Å²) < 4.78 is 15.7. The third-order valence-electron chi connectivity index (χ3n) is 3.61. The van der Waals surface area contributed by atoms with Crippen LogP contribution in [0.1, 0.15) is 24.2 Å². The van der Waals surface area contributed by atoms with Gasteiger partial charge in [-0.25, -0.2) is 0 Å². The molecule has 6 nitrogen and oxygen atoms in total. The molecule has 0 saturated heterocycles. The number of aliphatic hydroxyl groups is 2. The predicted molar refractivity (Wildman–Crippen MR) is 94.0 cm³/mol. The zero-order chi connectivity index (χ0) is 18.4. The summed E-state index contributed by atoms with van der Waals surface area (Å²) in [6, 6.07) is 9.50. The fourth-order valence-corrected chi connectivity index (χ4v) is 2.32. The maximum Gasteiger partial charge on any atom is 0.228 e. The van der Waals surface area contributed by atoms with Crippen LogP contribution in [-0.2, 0) is 0 Å². The van der Waals surface area contributed by atoms with Crippen LogP contribution in [0.4, 0.5) is 0 Å². The molecule has 0 aromatic heterocycles. The van der Waals surface area contributed by atoms with E-state index in [2.05, 4.69) is 0 Å². The summed E-state index contributed by atoms with van der Waals surface area (Å²) in [5.41, 5.74) is 1.26. The molecule has 0 saturated carbocycles. The smallest absolute Gasteiger partial charge is 0.228 e. The number of rotatable bonds is 7. The molecule has 25 heavy (non-hydrogen) atoms. The number of hydrogen-bond acceptors (Lipinski definition) is 6. The lowest BCUT2D eigenvalue weighted by Crippen LogP contribution is -2.25. The molecular formula is C19H22O6. The molecular weight excluding hydrogens is 324 g/mol. The van der Waals surface area contributed by atoms with E-state index in [1.807, 2.05) is 19.1 Å². The minimum Gasteiger partial charge on any atom is -0.504 e. The molecule has 0 spiro atoms. The SMILES string of the molecule is CC=Cc1ccc(OC(O)C(O)c2ccc(O)c(OC)c2)c(OC)c1. The van der Waals surface area contributed by atoms with Gasteiger partial charge in [0.2, 0.25) is 6.29 Å². The van der Waals surface area contributed by atoms with E-state index in [0.717, 1.165) is 5.56 Å². The first-order valence-electron chi connectivity index (χ1n) is 7.70. The van der Waals surface area contributed by atoms with Gasteiger partial charge in [0.25, 0.3) is 0 Å². The lowest BCUT2D eigenvalue weighted by atomic mass is 10.1. The summed E-state index contributed by atoms with van der Waals surface area (Å²) in [7, 11) is 2.89. The molecule has 0 radical (unpaired) electrons. The van der Waals surface area contributed by atoms with Gasteiger partial charge in [-0.15, -0.1) is 0 Å². The number of aromatic hydroxyl groups is 1. The molecule has 2 unspecified atom stereocenters.